The van der Waals surface area contributed by atoms with Crippen molar-refractivity contribution in [1.82, 2.24) is 24.0 Å². The molecule has 0 spiro atoms. The number of carbonyl (C=O) groups is 2. The van der Waals surface area contributed by atoms with E-state index in [0.717, 1.165) is 47.5 Å². The number of rotatable bonds is 6. The number of ketones is 1. The fraction of sp³-hybridized carbons (Fsp3) is 0.447. The molecule has 7 rings (SSSR count). The van der Waals surface area contributed by atoms with E-state index in [1.165, 1.54) is 11.3 Å². The van der Waals surface area contributed by atoms with Crippen molar-refractivity contribution in [3.05, 3.63) is 93.0 Å². The Morgan fingerprint density at radius 1 is 1.06 bits per heavy atom. The quantitative estimate of drug-likeness (QED) is 0.286. The van der Waals surface area contributed by atoms with Crippen LogP contribution in [-0.4, -0.2) is 61.0 Å². The standard InChI is InChI=1S/C38H44N6O4/c1-7-27-28(10-12-39-34(27)29-11-13-43-31(35(29)45)15-25-16-38(4,5)17-32(25)43)26-14-30(37(47)42(6)19-26)41-33-9-8-24(18-40-33)36(46)44-22(2)20-48-21-23(44)3/h8-10,12,14-15,18-19,22-23,29H,7,11,13,16-17,20-21H2,1-6H3,(H,40,41)/t22-,23+,29?. The number of morpholine rings is 1. The van der Waals surface area contributed by atoms with E-state index in [4.69, 9.17) is 9.72 Å². The number of amides is 1. The van der Waals surface area contributed by atoms with Crippen molar-refractivity contribution in [3.63, 3.8) is 0 Å². The molecule has 1 unspecified atom stereocenters. The van der Waals surface area contributed by atoms with Crippen LogP contribution >= 0.6 is 0 Å². The van der Waals surface area contributed by atoms with Gasteiger partial charge in [0.1, 0.15) is 11.5 Å². The van der Waals surface area contributed by atoms with Crippen molar-refractivity contribution in [3.8, 4) is 11.1 Å². The van der Waals surface area contributed by atoms with Crippen LogP contribution < -0.4 is 10.9 Å². The van der Waals surface area contributed by atoms with Crippen molar-refractivity contribution in [2.75, 3.05) is 18.5 Å². The minimum Gasteiger partial charge on any atom is -0.377 e. The van der Waals surface area contributed by atoms with Crippen LogP contribution in [0.2, 0.25) is 0 Å². The third-order valence-corrected chi connectivity index (χ3v) is 10.3. The molecule has 3 atom stereocenters. The van der Waals surface area contributed by atoms with Crippen molar-refractivity contribution >= 4 is 23.2 Å². The molecule has 6 heterocycles. The zero-order valence-corrected chi connectivity index (χ0v) is 28.7. The number of nitrogens with one attached hydrogen (secondary N) is 1. The molecule has 10 heteroatoms. The second-order valence-electron chi connectivity index (χ2n) is 14.5. The summed E-state index contributed by atoms with van der Waals surface area (Å²) in [6.45, 7) is 12.4. The average molecular weight is 649 g/mol. The lowest BCUT2D eigenvalue weighted by Crippen LogP contribution is -2.52. The van der Waals surface area contributed by atoms with Crippen LogP contribution in [-0.2, 0) is 37.6 Å². The molecule has 1 amide bonds. The summed E-state index contributed by atoms with van der Waals surface area (Å²) in [5.74, 6) is 0.199. The van der Waals surface area contributed by atoms with Gasteiger partial charge in [-0.05, 0) is 92.0 Å². The maximum atomic E-state index is 14.0. The molecule has 4 aromatic rings. The first-order valence-electron chi connectivity index (χ1n) is 17.0. The Bertz CT molecular complexity index is 1960. The first kappa shape index (κ1) is 32.0. The first-order valence-corrected chi connectivity index (χ1v) is 17.0. The van der Waals surface area contributed by atoms with E-state index in [0.29, 0.717) is 43.1 Å². The number of aromatic nitrogens is 4. The predicted molar refractivity (Wildman–Crippen MR) is 185 cm³/mol. The average Bonchev–Trinajstić information content (AvgIpc) is 3.55. The minimum absolute atomic E-state index is 0.0254. The van der Waals surface area contributed by atoms with Gasteiger partial charge in [-0.1, -0.05) is 20.8 Å². The lowest BCUT2D eigenvalue weighted by Gasteiger charge is -2.38. The summed E-state index contributed by atoms with van der Waals surface area (Å²) in [6, 6.07) is 9.32. The lowest BCUT2D eigenvalue weighted by atomic mass is 9.85. The highest BCUT2D eigenvalue weighted by molar-refractivity contribution is 6.01. The molecule has 0 radical (unpaired) electrons. The summed E-state index contributed by atoms with van der Waals surface area (Å²) in [5.41, 5.74) is 7.94. The molecule has 250 valence electrons. The Balaban J connectivity index is 1.16. The molecule has 0 bridgehead atoms. The molecule has 2 aliphatic heterocycles. The van der Waals surface area contributed by atoms with Crippen molar-refractivity contribution in [1.29, 1.82) is 0 Å². The van der Waals surface area contributed by atoms with E-state index >= 15 is 0 Å². The number of aryl methyl sites for hydroxylation is 1. The number of hydrogen-bond acceptors (Lipinski definition) is 7. The Morgan fingerprint density at radius 3 is 2.54 bits per heavy atom. The Morgan fingerprint density at radius 2 is 1.83 bits per heavy atom. The number of Topliss-reactive ketones (excluding diaryl/α,β-unsaturated/α-hetero) is 1. The summed E-state index contributed by atoms with van der Waals surface area (Å²) in [4.78, 5) is 51.7. The van der Waals surface area contributed by atoms with Crippen LogP contribution in [0.15, 0.2) is 53.7 Å². The predicted octanol–water partition coefficient (Wildman–Crippen LogP) is 5.69. The molecular weight excluding hydrogens is 604 g/mol. The fourth-order valence-corrected chi connectivity index (χ4v) is 8.01. The summed E-state index contributed by atoms with van der Waals surface area (Å²) in [7, 11) is 1.73. The smallest absolute Gasteiger partial charge is 0.274 e. The van der Waals surface area contributed by atoms with Crippen molar-refractivity contribution in [2.45, 2.75) is 84.8 Å². The number of ether oxygens (including phenoxy) is 1. The molecule has 3 aliphatic rings. The van der Waals surface area contributed by atoms with Gasteiger partial charge >= 0.3 is 0 Å². The third-order valence-electron chi connectivity index (χ3n) is 10.3. The van der Waals surface area contributed by atoms with E-state index in [-0.39, 0.29) is 40.7 Å². The van der Waals surface area contributed by atoms with E-state index in [1.807, 2.05) is 37.1 Å². The summed E-state index contributed by atoms with van der Waals surface area (Å²) < 4.78 is 9.38. The molecule has 1 N–H and O–H groups in total. The van der Waals surface area contributed by atoms with Gasteiger partial charge in [0.25, 0.3) is 11.5 Å². The largest absolute Gasteiger partial charge is 0.377 e. The van der Waals surface area contributed by atoms with Gasteiger partial charge in [0, 0.05) is 43.4 Å². The summed E-state index contributed by atoms with van der Waals surface area (Å²) >= 11 is 0. The molecule has 10 nitrogen and oxygen atoms in total. The van der Waals surface area contributed by atoms with E-state index < -0.39 is 0 Å². The third kappa shape index (κ3) is 5.55. The fourth-order valence-electron chi connectivity index (χ4n) is 8.01. The molecule has 1 aliphatic carbocycles. The van der Waals surface area contributed by atoms with Crippen LogP contribution in [0.5, 0.6) is 0 Å². The number of anilines is 2. The topological polar surface area (TPSA) is 111 Å². The molecule has 1 fully saturated rings. The van der Waals surface area contributed by atoms with E-state index in [9.17, 15) is 14.4 Å². The molecule has 0 saturated carbocycles. The maximum Gasteiger partial charge on any atom is 0.274 e. The van der Waals surface area contributed by atoms with Crippen LogP contribution in [0.1, 0.15) is 90.3 Å². The maximum absolute atomic E-state index is 14.0. The number of pyridine rings is 3. The number of fused-ring (bicyclic) bond motifs is 3. The number of carbonyl (C=O) groups excluding carboxylic acids is 2. The van der Waals surface area contributed by atoms with Gasteiger partial charge in [-0.15, -0.1) is 0 Å². The van der Waals surface area contributed by atoms with Gasteiger partial charge in [0.05, 0.1) is 48.2 Å². The van der Waals surface area contributed by atoms with Gasteiger partial charge in [-0.25, -0.2) is 4.98 Å². The van der Waals surface area contributed by atoms with Crippen molar-refractivity contribution in [2.24, 2.45) is 12.5 Å². The minimum atomic E-state index is -0.311. The van der Waals surface area contributed by atoms with Crippen molar-refractivity contribution < 1.29 is 14.3 Å². The SMILES string of the molecule is CCc1c(-c2cc(Nc3ccc(C(=O)N4[C@H](C)COC[C@@H]4C)cn3)c(=O)n(C)c2)ccnc1C1CCn2c(cc3c2CC(C)(C)C3)C1=O. The van der Waals surface area contributed by atoms with Crippen LogP contribution in [0, 0.1) is 5.41 Å². The number of hydrogen-bond donors (Lipinski definition) is 1. The summed E-state index contributed by atoms with van der Waals surface area (Å²) in [5, 5.41) is 3.18. The van der Waals surface area contributed by atoms with E-state index in [2.05, 4.69) is 41.7 Å². The Kier molecular flexibility index (Phi) is 8.10. The van der Waals surface area contributed by atoms with Gasteiger partial charge in [0.15, 0.2) is 5.78 Å². The zero-order valence-electron chi connectivity index (χ0n) is 28.7. The highest BCUT2D eigenvalue weighted by atomic mass is 16.5. The van der Waals surface area contributed by atoms with Gasteiger partial charge in [-0.2, -0.15) is 0 Å². The first-order chi connectivity index (χ1) is 23.0. The monoisotopic (exact) mass is 648 g/mol. The van der Waals surface area contributed by atoms with Crippen LogP contribution in [0.3, 0.4) is 0 Å². The molecule has 1 saturated heterocycles. The van der Waals surface area contributed by atoms with E-state index in [1.54, 1.807) is 36.1 Å². The second-order valence-corrected chi connectivity index (χ2v) is 14.5. The van der Waals surface area contributed by atoms with Gasteiger partial charge in [-0.3, -0.25) is 19.4 Å². The molecule has 0 aromatic carbocycles. The van der Waals surface area contributed by atoms with Gasteiger partial charge < -0.3 is 24.1 Å². The second kappa shape index (κ2) is 12.1. The Labute approximate surface area is 281 Å². The summed E-state index contributed by atoms with van der Waals surface area (Å²) in [6.07, 6.45) is 8.56. The Hall–Kier alpha value is -4.57. The molecule has 48 heavy (non-hydrogen) atoms. The highest BCUT2D eigenvalue weighted by Gasteiger charge is 2.39. The lowest BCUT2D eigenvalue weighted by molar-refractivity contribution is -0.0249. The molecular formula is C38H44N6O4. The highest BCUT2D eigenvalue weighted by Crippen LogP contribution is 2.42. The van der Waals surface area contributed by atoms with Crippen LogP contribution in [0.25, 0.3) is 11.1 Å². The number of nitrogens with zero attached hydrogens (tertiary/aromatic N) is 5. The normalized spacial score (nSPS) is 21.6. The van der Waals surface area contributed by atoms with Crippen LogP contribution in [0.4, 0.5) is 11.5 Å². The zero-order chi connectivity index (χ0) is 33.9. The van der Waals surface area contributed by atoms with Gasteiger partial charge in [0.2, 0.25) is 0 Å². The molecule has 4 aromatic heterocycles.